The van der Waals surface area contributed by atoms with Gasteiger partial charge in [0.1, 0.15) is 0 Å². The fraction of sp³-hybridized carbons (Fsp3) is 0.304. The van der Waals surface area contributed by atoms with E-state index in [9.17, 15) is 0 Å². The van der Waals surface area contributed by atoms with E-state index in [0.717, 1.165) is 55.1 Å². The topological polar surface area (TPSA) is 36.3 Å². The van der Waals surface area contributed by atoms with Gasteiger partial charge in [0.25, 0.3) is 0 Å². The van der Waals surface area contributed by atoms with E-state index in [2.05, 4.69) is 57.5 Å². The lowest BCUT2D eigenvalue weighted by molar-refractivity contribution is 0.177. The quantitative estimate of drug-likeness (QED) is 0.596. The van der Waals surface area contributed by atoms with E-state index in [1.165, 1.54) is 16.7 Å². The molecule has 1 N–H and O–H groups in total. The van der Waals surface area contributed by atoms with Crippen molar-refractivity contribution in [3.05, 3.63) is 82.6 Å². The van der Waals surface area contributed by atoms with Crippen LogP contribution in [0.5, 0.6) is 0 Å². The highest BCUT2D eigenvalue weighted by atomic mass is 35.5. The van der Waals surface area contributed by atoms with E-state index in [4.69, 9.17) is 23.8 Å². The van der Waals surface area contributed by atoms with Gasteiger partial charge in [-0.3, -0.25) is 9.58 Å². The molecule has 2 heterocycles. The Balaban J connectivity index is 1.27. The van der Waals surface area contributed by atoms with E-state index < -0.39 is 0 Å². The average molecular weight is 440 g/mol. The molecule has 1 aliphatic heterocycles. The summed E-state index contributed by atoms with van der Waals surface area (Å²) in [6.45, 7) is 7.55. The maximum absolute atomic E-state index is 6.10. The third-order valence-electron chi connectivity index (χ3n) is 5.43. The van der Waals surface area contributed by atoms with Gasteiger partial charge in [0.05, 0.1) is 18.4 Å². The van der Waals surface area contributed by atoms with Crippen LogP contribution in [0.25, 0.3) is 0 Å². The molecular formula is C23H26ClN5S. The lowest BCUT2D eigenvalue weighted by Crippen LogP contribution is -2.49. The zero-order valence-electron chi connectivity index (χ0n) is 17.1. The molecule has 5 nitrogen and oxygen atoms in total. The molecule has 1 aromatic heterocycles. The minimum absolute atomic E-state index is 0.753. The van der Waals surface area contributed by atoms with Gasteiger partial charge in [-0.2, -0.15) is 5.10 Å². The summed E-state index contributed by atoms with van der Waals surface area (Å²) in [7, 11) is 0. The van der Waals surface area contributed by atoms with Crippen LogP contribution in [0.2, 0.25) is 5.02 Å². The van der Waals surface area contributed by atoms with E-state index in [1.54, 1.807) is 0 Å². The summed E-state index contributed by atoms with van der Waals surface area (Å²) in [5, 5.41) is 9.36. The highest BCUT2D eigenvalue weighted by Gasteiger charge is 2.19. The molecule has 4 rings (SSSR count). The van der Waals surface area contributed by atoms with Gasteiger partial charge in [-0.05, 0) is 48.0 Å². The molecule has 7 heteroatoms. The van der Waals surface area contributed by atoms with Gasteiger partial charge in [0, 0.05) is 43.9 Å². The van der Waals surface area contributed by atoms with Crippen LogP contribution in [-0.4, -0.2) is 50.9 Å². The van der Waals surface area contributed by atoms with Crippen LogP contribution in [0.1, 0.15) is 16.7 Å². The number of hydrogen-bond acceptors (Lipinski definition) is 3. The first-order valence-corrected chi connectivity index (χ1v) is 10.9. The van der Waals surface area contributed by atoms with Crippen LogP contribution in [0.4, 0.5) is 5.69 Å². The smallest absolute Gasteiger partial charge is 0.173 e. The standard InChI is InChI=1S/C23H26ClN5S/c1-18-5-2-3-7-20(18)16-29-17-22(14-25-29)26-23(30)28-11-9-27(10-12-28)15-19-6-4-8-21(24)13-19/h2-8,13-14,17H,9-12,15-16H2,1H3,(H,26,30). The molecule has 0 radical (unpaired) electrons. The molecule has 3 aromatic rings. The number of piperazine rings is 1. The zero-order chi connectivity index (χ0) is 20.9. The van der Waals surface area contributed by atoms with Gasteiger partial charge in [-0.25, -0.2) is 0 Å². The van der Waals surface area contributed by atoms with Crippen molar-refractivity contribution in [2.75, 3.05) is 31.5 Å². The van der Waals surface area contributed by atoms with Gasteiger partial charge < -0.3 is 10.2 Å². The fourth-order valence-corrected chi connectivity index (χ4v) is 4.20. The van der Waals surface area contributed by atoms with Crippen molar-refractivity contribution >= 4 is 34.6 Å². The predicted molar refractivity (Wildman–Crippen MR) is 127 cm³/mol. The maximum Gasteiger partial charge on any atom is 0.173 e. The second kappa shape index (κ2) is 9.60. The number of anilines is 1. The van der Waals surface area contributed by atoms with Crippen molar-refractivity contribution in [2.24, 2.45) is 0 Å². The van der Waals surface area contributed by atoms with Crippen LogP contribution in [0, 0.1) is 6.92 Å². The summed E-state index contributed by atoms with van der Waals surface area (Å²) in [5.41, 5.74) is 4.71. The Bertz CT molecular complexity index is 1010. The van der Waals surface area contributed by atoms with Crippen LogP contribution in [-0.2, 0) is 13.1 Å². The summed E-state index contributed by atoms with van der Waals surface area (Å²) >= 11 is 11.7. The number of nitrogens with zero attached hydrogens (tertiary/aromatic N) is 4. The molecule has 1 fully saturated rings. The predicted octanol–water partition coefficient (Wildman–Crippen LogP) is 4.41. The van der Waals surface area contributed by atoms with Crippen LogP contribution < -0.4 is 5.32 Å². The summed E-state index contributed by atoms with van der Waals surface area (Å²) in [5.74, 6) is 0. The second-order valence-corrected chi connectivity index (χ2v) is 8.50. The Morgan fingerprint density at radius 1 is 1.07 bits per heavy atom. The molecule has 0 unspecified atom stereocenters. The van der Waals surface area contributed by atoms with Crippen molar-refractivity contribution < 1.29 is 0 Å². The van der Waals surface area contributed by atoms with Crippen molar-refractivity contribution in [1.29, 1.82) is 0 Å². The summed E-state index contributed by atoms with van der Waals surface area (Å²) in [6, 6.07) is 16.5. The van der Waals surface area contributed by atoms with Gasteiger partial charge in [0.2, 0.25) is 0 Å². The van der Waals surface area contributed by atoms with Crippen molar-refractivity contribution in [3.63, 3.8) is 0 Å². The molecule has 0 saturated carbocycles. The lowest BCUT2D eigenvalue weighted by Gasteiger charge is -2.36. The Hall–Kier alpha value is -2.41. The largest absolute Gasteiger partial charge is 0.346 e. The van der Waals surface area contributed by atoms with E-state index in [1.807, 2.05) is 35.3 Å². The van der Waals surface area contributed by atoms with Gasteiger partial charge in [-0.1, -0.05) is 48.0 Å². The highest BCUT2D eigenvalue weighted by Crippen LogP contribution is 2.15. The molecule has 1 aliphatic rings. The van der Waals surface area contributed by atoms with Crippen LogP contribution in [0.3, 0.4) is 0 Å². The number of aryl methyl sites for hydroxylation is 1. The van der Waals surface area contributed by atoms with Crippen molar-refractivity contribution in [2.45, 2.75) is 20.0 Å². The maximum atomic E-state index is 6.10. The summed E-state index contributed by atoms with van der Waals surface area (Å²) in [6.07, 6.45) is 3.84. The van der Waals surface area contributed by atoms with Crippen LogP contribution in [0.15, 0.2) is 60.9 Å². The highest BCUT2D eigenvalue weighted by molar-refractivity contribution is 7.80. The minimum Gasteiger partial charge on any atom is -0.346 e. The normalized spacial score (nSPS) is 14.7. The van der Waals surface area contributed by atoms with Crippen molar-refractivity contribution in [3.8, 4) is 0 Å². The average Bonchev–Trinajstić information content (AvgIpc) is 3.17. The molecule has 2 aromatic carbocycles. The summed E-state index contributed by atoms with van der Waals surface area (Å²) < 4.78 is 1.94. The number of nitrogens with one attached hydrogen (secondary N) is 1. The van der Waals surface area contributed by atoms with Crippen LogP contribution >= 0.6 is 23.8 Å². The molecule has 0 aliphatic carbocycles. The Labute approximate surface area is 188 Å². The first-order chi connectivity index (χ1) is 14.6. The monoisotopic (exact) mass is 439 g/mol. The Morgan fingerprint density at radius 2 is 1.87 bits per heavy atom. The zero-order valence-corrected chi connectivity index (χ0v) is 18.7. The Morgan fingerprint density at radius 3 is 2.63 bits per heavy atom. The molecule has 0 spiro atoms. The molecular weight excluding hydrogens is 414 g/mol. The summed E-state index contributed by atoms with van der Waals surface area (Å²) in [4.78, 5) is 4.66. The van der Waals surface area contributed by atoms with Crippen molar-refractivity contribution in [1.82, 2.24) is 19.6 Å². The fourth-order valence-electron chi connectivity index (χ4n) is 3.68. The second-order valence-electron chi connectivity index (χ2n) is 7.68. The molecule has 0 bridgehead atoms. The first-order valence-electron chi connectivity index (χ1n) is 10.2. The number of thiocarbonyl (C=S) groups is 1. The number of aromatic nitrogens is 2. The molecule has 156 valence electrons. The number of benzene rings is 2. The molecule has 30 heavy (non-hydrogen) atoms. The van der Waals surface area contributed by atoms with E-state index in [0.29, 0.717) is 0 Å². The third kappa shape index (κ3) is 5.39. The molecule has 0 amide bonds. The minimum atomic E-state index is 0.753. The number of halogens is 1. The number of rotatable bonds is 5. The third-order valence-corrected chi connectivity index (χ3v) is 6.03. The van der Waals surface area contributed by atoms with Gasteiger partial charge in [0.15, 0.2) is 5.11 Å². The number of hydrogen-bond donors (Lipinski definition) is 1. The SMILES string of the molecule is Cc1ccccc1Cn1cc(NC(=S)N2CCN(Cc3cccc(Cl)c3)CC2)cn1. The van der Waals surface area contributed by atoms with Gasteiger partial charge in [-0.15, -0.1) is 0 Å². The van der Waals surface area contributed by atoms with Gasteiger partial charge >= 0.3 is 0 Å². The van der Waals surface area contributed by atoms with E-state index >= 15 is 0 Å². The first kappa shape index (κ1) is 20.8. The molecule has 0 atom stereocenters. The Kier molecular flexibility index (Phi) is 6.67. The lowest BCUT2D eigenvalue weighted by atomic mass is 10.1. The van der Waals surface area contributed by atoms with E-state index in [-0.39, 0.29) is 0 Å². The molecule has 1 saturated heterocycles.